The summed E-state index contributed by atoms with van der Waals surface area (Å²) in [7, 11) is 0. The van der Waals surface area contributed by atoms with E-state index in [-0.39, 0.29) is 11.7 Å². The molecule has 0 fully saturated rings. The quantitative estimate of drug-likeness (QED) is 0.802. The van der Waals surface area contributed by atoms with Crippen LogP contribution in [0.1, 0.15) is 18.1 Å². The van der Waals surface area contributed by atoms with Gasteiger partial charge in [0.15, 0.2) is 0 Å². The first-order valence-electron chi connectivity index (χ1n) is 6.56. The number of halogens is 1. The van der Waals surface area contributed by atoms with Crippen molar-refractivity contribution in [2.24, 2.45) is 0 Å². The molecule has 0 saturated heterocycles. The number of anilines is 2. The highest BCUT2D eigenvalue weighted by Gasteiger charge is 2.06. The molecule has 5 heteroatoms. The maximum Gasteiger partial charge on any atom is 0.221 e. The van der Waals surface area contributed by atoms with E-state index in [1.54, 1.807) is 18.2 Å². The molecule has 0 atom stereocenters. The zero-order chi connectivity index (χ0) is 15.4. The van der Waals surface area contributed by atoms with E-state index in [0.717, 1.165) is 16.9 Å². The van der Waals surface area contributed by atoms with Crippen molar-refractivity contribution in [3.8, 4) is 5.75 Å². The number of aromatic hydroxyl groups is 1. The maximum absolute atomic E-state index is 11.1. The molecule has 4 nitrogen and oxygen atoms in total. The first kappa shape index (κ1) is 15.2. The third-order valence-corrected chi connectivity index (χ3v) is 3.40. The Bertz CT molecular complexity index is 671. The second kappa shape index (κ2) is 6.50. The molecule has 110 valence electrons. The third kappa shape index (κ3) is 3.89. The number of carbonyl (C=O) groups excluding carboxylic acids is 1. The van der Waals surface area contributed by atoms with Crippen LogP contribution in [0.2, 0.25) is 5.02 Å². The predicted octanol–water partition coefficient (Wildman–Crippen LogP) is 3.92. The number of phenolic OH excluding ortho intramolecular Hbond substituents is 1. The van der Waals surface area contributed by atoms with Gasteiger partial charge in [-0.25, -0.2) is 0 Å². The van der Waals surface area contributed by atoms with Crippen LogP contribution in [-0.2, 0) is 11.3 Å². The second-order valence-corrected chi connectivity index (χ2v) is 5.22. The molecule has 0 radical (unpaired) electrons. The van der Waals surface area contributed by atoms with Crippen LogP contribution in [0.25, 0.3) is 0 Å². The molecule has 0 aliphatic rings. The number of nitrogens with one attached hydrogen (secondary N) is 2. The molecular formula is C16H17ClN2O2. The molecule has 0 saturated carbocycles. The number of hydrogen-bond acceptors (Lipinski definition) is 3. The SMILES string of the molecule is CC(=O)Nc1ccc(C)c(NCc2cccc(Cl)c2O)c1. The average Bonchev–Trinajstić information content (AvgIpc) is 2.43. The van der Waals surface area contributed by atoms with Crippen LogP contribution in [0.5, 0.6) is 5.75 Å². The minimum absolute atomic E-state index is 0.0855. The van der Waals surface area contributed by atoms with Crippen LogP contribution in [0.15, 0.2) is 36.4 Å². The summed E-state index contributed by atoms with van der Waals surface area (Å²) in [6.45, 7) is 3.88. The van der Waals surface area contributed by atoms with Crippen LogP contribution in [-0.4, -0.2) is 11.0 Å². The fraction of sp³-hybridized carbons (Fsp3) is 0.188. The van der Waals surface area contributed by atoms with E-state index in [9.17, 15) is 9.90 Å². The summed E-state index contributed by atoms with van der Waals surface area (Å²) in [5.74, 6) is -0.0281. The minimum Gasteiger partial charge on any atom is -0.506 e. The second-order valence-electron chi connectivity index (χ2n) is 4.81. The van der Waals surface area contributed by atoms with Crippen molar-refractivity contribution in [1.29, 1.82) is 0 Å². The number of phenols is 1. The monoisotopic (exact) mass is 304 g/mol. The highest BCUT2D eigenvalue weighted by Crippen LogP contribution is 2.28. The van der Waals surface area contributed by atoms with Crippen molar-refractivity contribution < 1.29 is 9.90 Å². The molecule has 1 amide bonds. The van der Waals surface area contributed by atoms with E-state index in [4.69, 9.17) is 11.6 Å². The molecule has 2 rings (SSSR count). The smallest absolute Gasteiger partial charge is 0.221 e. The molecular weight excluding hydrogens is 288 g/mol. The maximum atomic E-state index is 11.1. The Morgan fingerprint density at radius 2 is 2.05 bits per heavy atom. The van der Waals surface area contributed by atoms with Crippen molar-refractivity contribution in [3.05, 3.63) is 52.5 Å². The summed E-state index contributed by atoms with van der Waals surface area (Å²) in [6, 6.07) is 10.9. The molecule has 0 spiro atoms. The molecule has 2 aromatic carbocycles. The number of aryl methyl sites for hydroxylation is 1. The Morgan fingerprint density at radius 3 is 2.76 bits per heavy atom. The molecule has 21 heavy (non-hydrogen) atoms. The lowest BCUT2D eigenvalue weighted by molar-refractivity contribution is -0.114. The van der Waals surface area contributed by atoms with Gasteiger partial charge in [0, 0.05) is 30.4 Å². The van der Waals surface area contributed by atoms with Gasteiger partial charge in [-0.3, -0.25) is 4.79 Å². The molecule has 0 unspecified atom stereocenters. The van der Waals surface area contributed by atoms with Gasteiger partial charge in [0.25, 0.3) is 0 Å². The van der Waals surface area contributed by atoms with E-state index < -0.39 is 0 Å². The first-order chi connectivity index (χ1) is 9.97. The topological polar surface area (TPSA) is 61.4 Å². The zero-order valence-corrected chi connectivity index (χ0v) is 12.7. The fourth-order valence-corrected chi connectivity index (χ4v) is 2.18. The van der Waals surface area contributed by atoms with Crippen LogP contribution < -0.4 is 10.6 Å². The van der Waals surface area contributed by atoms with E-state index in [1.807, 2.05) is 25.1 Å². The van der Waals surface area contributed by atoms with Crippen LogP contribution in [0.4, 0.5) is 11.4 Å². The largest absolute Gasteiger partial charge is 0.506 e. The predicted molar refractivity (Wildman–Crippen MR) is 85.9 cm³/mol. The lowest BCUT2D eigenvalue weighted by Crippen LogP contribution is -2.07. The van der Waals surface area contributed by atoms with Crippen molar-refractivity contribution in [1.82, 2.24) is 0 Å². The number of amides is 1. The van der Waals surface area contributed by atoms with Crippen LogP contribution in [0.3, 0.4) is 0 Å². The Morgan fingerprint density at radius 1 is 1.29 bits per heavy atom. The lowest BCUT2D eigenvalue weighted by atomic mass is 10.1. The van der Waals surface area contributed by atoms with Gasteiger partial charge < -0.3 is 15.7 Å². The van der Waals surface area contributed by atoms with E-state index in [0.29, 0.717) is 17.1 Å². The van der Waals surface area contributed by atoms with E-state index >= 15 is 0 Å². The van der Waals surface area contributed by atoms with Crippen molar-refractivity contribution in [3.63, 3.8) is 0 Å². The Balaban J connectivity index is 2.15. The van der Waals surface area contributed by atoms with Gasteiger partial charge >= 0.3 is 0 Å². The molecule has 3 N–H and O–H groups in total. The number of para-hydroxylation sites is 1. The zero-order valence-electron chi connectivity index (χ0n) is 11.9. The van der Waals surface area contributed by atoms with Gasteiger partial charge in [0.05, 0.1) is 5.02 Å². The van der Waals surface area contributed by atoms with Crippen molar-refractivity contribution >= 4 is 28.9 Å². The van der Waals surface area contributed by atoms with E-state index in [1.165, 1.54) is 6.92 Å². The van der Waals surface area contributed by atoms with Gasteiger partial charge in [-0.15, -0.1) is 0 Å². The lowest BCUT2D eigenvalue weighted by Gasteiger charge is -2.13. The molecule has 0 aliphatic carbocycles. The Labute approximate surface area is 128 Å². The summed E-state index contributed by atoms with van der Waals surface area (Å²) in [5, 5.41) is 16.2. The van der Waals surface area contributed by atoms with Gasteiger partial charge in [-0.1, -0.05) is 29.8 Å². The Kier molecular flexibility index (Phi) is 4.70. The summed E-state index contributed by atoms with van der Waals surface area (Å²) >= 11 is 5.88. The Hall–Kier alpha value is -2.20. The summed E-state index contributed by atoms with van der Waals surface area (Å²) in [6.07, 6.45) is 0. The molecule has 0 bridgehead atoms. The first-order valence-corrected chi connectivity index (χ1v) is 6.93. The summed E-state index contributed by atoms with van der Waals surface area (Å²) in [5.41, 5.74) is 3.38. The number of hydrogen-bond donors (Lipinski definition) is 3. The highest BCUT2D eigenvalue weighted by molar-refractivity contribution is 6.32. The van der Waals surface area contributed by atoms with Gasteiger partial charge in [-0.2, -0.15) is 0 Å². The van der Waals surface area contributed by atoms with Gasteiger partial charge in [-0.05, 0) is 30.7 Å². The summed E-state index contributed by atoms with van der Waals surface area (Å²) < 4.78 is 0. The molecule has 0 heterocycles. The standard InChI is InChI=1S/C16H17ClN2O2/c1-10-6-7-13(19-11(2)20)8-15(10)18-9-12-4-3-5-14(17)16(12)21/h3-8,18,21H,9H2,1-2H3,(H,19,20). The number of rotatable bonds is 4. The average molecular weight is 305 g/mol. The molecule has 2 aromatic rings. The van der Waals surface area contributed by atoms with Crippen molar-refractivity contribution in [2.75, 3.05) is 10.6 Å². The van der Waals surface area contributed by atoms with Crippen LogP contribution >= 0.6 is 11.6 Å². The highest BCUT2D eigenvalue weighted by atomic mass is 35.5. The van der Waals surface area contributed by atoms with Crippen molar-refractivity contribution in [2.45, 2.75) is 20.4 Å². The normalized spacial score (nSPS) is 10.2. The number of carbonyl (C=O) groups is 1. The van der Waals surface area contributed by atoms with Gasteiger partial charge in [0.2, 0.25) is 5.91 Å². The molecule has 0 aliphatic heterocycles. The van der Waals surface area contributed by atoms with E-state index in [2.05, 4.69) is 10.6 Å². The fourth-order valence-electron chi connectivity index (χ4n) is 1.99. The minimum atomic E-state index is -0.114. The summed E-state index contributed by atoms with van der Waals surface area (Å²) in [4.78, 5) is 11.1. The molecule has 0 aromatic heterocycles. The third-order valence-electron chi connectivity index (χ3n) is 3.10. The number of benzene rings is 2. The van der Waals surface area contributed by atoms with Crippen LogP contribution in [0, 0.1) is 6.92 Å². The van der Waals surface area contributed by atoms with Gasteiger partial charge in [0.1, 0.15) is 5.75 Å².